The molecule has 3 rings (SSSR count). The summed E-state index contributed by atoms with van der Waals surface area (Å²) in [7, 11) is 0. The van der Waals surface area contributed by atoms with E-state index in [2.05, 4.69) is 15.0 Å². The lowest BCUT2D eigenvalue weighted by atomic mass is 10.2. The third-order valence-corrected chi connectivity index (χ3v) is 3.52. The summed E-state index contributed by atoms with van der Waals surface area (Å²) in [5.74, 6) is -0.404. The third kappa shape index (κ3) is 3.06. The molecular formula is C14H16N4O4. The fourth-order valence-electron chi connectivity index (χ4n) is 2.35. The number of carboxylic acid groups (broad SMARTS) is 1. The second kappa shape index (κ2) is 6.10. The molecule has 1 aliphatic rings. The maximum Gasteiger partial charge on any atom is 0.303 e. The molecule has 0 spiro atoms. The molecule has 0 atom stereocenters. The fraction of sp³-hybridized carbons (Fsp3) is 0.429. The molecule has 1 fully saturated rings. The number of hydrogen-bond acceptors (Lipinski definition) is 6. The maximum atomic E-state index is 12.1. The lowest BCUT2D eigenvalue weighted by Gasteiger charge is -2.27. The average Bonchev–Trinajstić information content (AvgIpc) is 2.53. The Morgan fingerprint density at radius 1 is 1.32 bits per heavy atom. The first-order chi connectivity index (χ1) is 10.6. The average molecular weight is 304 g/mol. The number of aryl methyl sites for hydroxylation is 1. The van der Waals surface area contributed by atoms with Crippen LogP contribution in [0.5, 0.6) is 0 Å². The van der Waals surface area contributed by atoms with Crippen molar-refractivity contribution >= 4 is 23.0 Å². The van der Waals surface area contributed by atoms with Crippen LogP contribution in [0.3, 0.4) is 0 Å². The van der Waals surface area contributed by atoms with Gasteiger partial charge in [-0.15, -0.1) is 0 Å². The first kappa shape index (κ1) is 14.5. The van der Waals surface area contributed by atoms with E-state index in [1.54, 1.807) is 12.1 Å². The molecule has 0 saturated carbocycles. The molecule has 0 amide bonds. The lowest BCUT2D eigenvalue weighted by Crippen LogP contribution is -2.38. The second-order valence-corrected chi connectivity index (χ2v) is 5.06. The van der Waals surface area contributed by atoms with E-state index in [-0.39, 0.29) is 12.0 Å². The Labute approximate surface area is 125 Å². The van der Waals surface area contributed by atoms with Gasteiger partial charge in [0.05, 0.1) is 25.0 Å². The summed E-state index contributed by atoms with van der Waals surface area (Å²) in [6.45, 7) is 2.50. The largest absolute Gasteiger partial charge is 0.481 e. The number of fused-ring (bicyclic) bond motifs is 1. The molecule has 2 aromatic rings. The number of hydrogen-bond donors (Lipinski definition) is 2. The first-order valence-corrected chi connectivity index (χ1v) is 7.08. The van der Waals surface area contributed by atoms with Gasteiger partial charge in [0.2, 0.25) is 5.95 Å². The number of rotatable bonds is 4. The zero-order chi connectivity index (χ0) is 15.5. The molecule has 1 saturated heterocycles. The molecular weight excluding hydrogens is 288 g/mol. The number of H-pyrrole nitrogens is 1. The van der Waals surface area contributed by atoms with Crippen molar-refractivity contribution in [3.8, 4) is 0 Å². The Morgan fingerprint density at radius 2 is 2.09 bits per heavy atom. The van der Waals surface area contributed by atoms with E-state index in [0.29, 0.717) is 55.4 Å². The van der Waals surface area contributed by atoms with Crippen molar-refractivity contribution < 1.29 is 14.6 Å². The molecule has 3 heterocycles. The van der Waals surface area contributed by atoms with Crippen LogP contribution < -0.4 is 10.5 Å². The van der Waals surface area contributed by atoms with E-state index in [0.717, 1.165) is 0 Å². The Bertz CT molecular complexity index is 752. The number of aliphatic carboxylic acids is 1. The van der Waals surface area contributed by atoms with Crippen LogP contribution in [0.25, 0.3) is 11.0 Å². The van der Waals surface area contributed by atoms with Gasteiger partial charge in [0, 0.05) is 25.2 Å². The Balaban J connectivity index is 1.95. The molecule has 8 heteroatoms. The van der Waals surface area contributed by atoms with Crippen molar-refractivity contribution in [1.29, 1.82) is 0 Å². The highest BCUT2D eigenvalue weighted by molar-refractivity contribution is 5.75. The van der Waals surface area contributed by atoms with Crippen LogP contribution in [-0.4, -0.2) is 52.3 Å². The fourth-order valence-corrected chi connectivity index (χ4v) is 2.35. The van der Waals surface area contributed by atoms with E-state index in [9.17, 15) is 9.59 Å². The highest BCUT2D eigenvalue weighted by Gasteiger charge is 2.15. The number of carbonyl (C=O) groups is 1. The third-order valence-electron chi connectivity index (χ3n) is 3.52. The van der Waals surface area contributed by atoms with Crippen LogP contribution in [0.4, 0.5) is 5.95 Å². The summed E-state index contributed by atoms with van der Waals surface area (Å²) < 4.78 is 5.28. The van der Waals surface area contributed by atoms with Gasteiger partial charge in [0.15, 0.2) is 5.65 Å². The van der Waals surface area contributed by atoms with Crippen LogP contribution in [-0.2, 0) is 16.0 Å². The predicted octanol–water partition coefficient (Wildman–Crippen LogP) is 0.172. The smallest absolute Gasteiger partial charge is 0.303 e. The SMILES string of the molecule is O=C(O)CCc1ccc2c(=O)[nH]c(N3CCOCC3)nc2n1. The van der Waals surface area contributed by atoms with Gasteiger partial charge in [0.1, 0.15) is 0 Å². The number of aromatic amines is 1. The normalized spacial score (nSPS) is 15.2. The van der Waals surface area contributed by atoms with Crippen molar-refractivity contribution in [3.63, 3.8) is 0 Å². The molecule has 0 unspecified atom stereocenters. The summed E-state index contributed by atoms with van der Waals surface area (Å²) in [4.78, 5) is 36.2. The van der Waals surface area contributed by atoms with Gasteiger partial charge >= 0.3 is 5.97 Å². The minimum absolute atomic E-state index is 0.00197. The van der Waals surface area contributed by atoms with Crippen LogP contribution in [0, 0.1) is 0 Å². The molecule has 8 nitrogen and oxygen atoms in total. The number of carboxylic acids is 1. The van der Waals surface area contributed by atoms with Gasteiger partial charge < -0.3 is 14.7 Å². The second-order valence-electron chi connectivity index (χ2n) is 5.06. The van der Waals surface area contributed by atoms with Gasteiger partial charge in [-0.2, -0.15) is 4.98 Å². The lowest BCUT2D eigenvalue weighted by molar-refractivity contribution is -0.136. The zero-order valence-electron chi connectivity index (χ0n) is 11.9. The van der Waals surface area contributed by atoms with Crippen molar-refractivity contribution in [1.82, 2.24) is 15.0 Å². The molecule has 1 aliphatic heterocycles. The zero-order valence-corrected chi connectivity index (χ0v) is 11.9. The number of morpholine rings is 1. The summed E-state index contributed by atoms with van der Waals surface area (Å²) in [5, 5.41) is 9.13. The number of nitrogens with zero attached hydrogens (tertiary/aromatic N) is 3. The van der Waals surface area contributed by atoms with Crippen LogP contribution >= 0.6 is 0 Å². The minimum Gasteiger partial charge on any atom is -0.481 e. The molecule has 0 aliphatic carbocycles. The molecule has 116 valence electrons. The highest BCUT2D eigenvalue weighted by Crippen LogP contribution is 2.13. The summed E-state index contributed by atoms with van der Waals surface area (Å²) >= 11 is 0. The van der Waals surface area contributed by atoms with Gasteiger partial charge in [-0.3, -0.25) is 14.6 Å². The van der Waals surface area contributed by atoms with E-state index in [1.165, 1.54) is 0 Å². The van der Waals surface area contributed by atoms with Crippen molar-refractivity contribution in [3.05, 3.63) is 28.2 Å². The molecule has 2 aromatic heterocycles. The first-order valence-electron chi connectivity index (χ1n) is 7.08. The van der Waals surface area contributed by atoms with Crippen molar-refractivity contribution in [2.75, 3.05) is 31.2 Å². The van der Waals surface area contributed by atoms with E-state index >= 15 is 0 Å². The number of anilines is 1. The molecule has 22 heavy (non-hydrogen) atoms. The van der Waals surface area contributed by atoms with Gasteiger partial charge in [-0.05, 0) is 12.1 Å². The minimum atomic E-state index is -0.880. The molecule has 0 aromatic carbocycles. The molecule has 0 bridgehead atoms. The Morgan fingerprint density at radius 3 is 2.82 bits per heavy atom. The predicted molar refractivity (Wildman–Crippen MR) is 79.1 cm³/mol. The number of nitrogens with one attached hydrogen (secondary N) is 1. The van der Waals surface area contributed by atoms with Crippen molar-refractivity contribution in [2.24, 2.45) is 0 Å². The Hall–Kier alpha value is -2.48. The number of ether oxygens (including phenoxy) is 1. The Kier molecular flexibility index (Phi) is 4.01. The van der Waals surface area contributed by atoms with Gasteiger partial charge in [-0.1, -0.05) is 0 Å². The van der Waals surface area contributed by atoms with E-state index in [1.807, 2.05) is 4.90 Å². The summed E-state index contributed by atoms with van der Waals surface area (Å²) in [5.41, 5.74) is 0.706. The quantitative estimate of drug-likeness (QED) is 0.829. The molecule has 0 radical (unpaired) electrons. The van der Waals surface area contributed by atoms with Crippen molar-refractivity contribution in [2.45, 2.75) is 12.8 Å². The van der Waals surface area contributed by atoms with E-state index < -0.39 is 5.97 Å². The van der Waals surface area contributed by atoms with Crippen LogP contribution in [0.2, 0.25) is 0 Å². The van der Waals surface area contributed by atoms with E-state index in [4.69, 9.17) is 9.84 Å². The standard InChI is InChI=1S/C14H16N4O4/c19-11(20)4-2-9-1-3-10-12(15-9)16-14(17-13(10)21)18-5-7-22-8-6-18/h1,3H,2,4-8H2,(H,19,20)(H,15,16,17,21). The highest BCUT2D eigenvalue weighted by atomic mass is 16.5. The summed E-state index contributed by atoms with van der Waals surface area (Å²) in [6, 6.07) is 3.30. The molecule has 2 N–H and O–H groups in total. The maximum absolute atomic E-state index is 12.1. The van der Waals surface area contributed by atoms with Gasteiger partial charge in [-0.25, -0.2) is 4.98 Å². The number of aromatic nitrogens is 3. The topological polar surface area (TPSA) is 108 Å². The number of pyridine rings is 1. The van der Waals surface area contributed by atoms with Crippen LogP contribution in [0.1, 0.15) is 12.1 Å². The monoisotopic (exact) mass is 304 g/mol. The van der Waals surface area contributed by atoms with Gasteiger partial charge in [0.25, 0.3) is 5.56 Å². The van der Waals surface area contributed by atoms with Crippen LogP contribution in [0.15, 0.2) is 16.9 Å². The summed E-state index contributed by atoms with van der Waals surface area (Å²) in [6.07, 6.45) is 0.310.